The van der Waals surface area contributed by atoms with Crippen molar-refractivity contribution in [3.05, 3.63) is 21.9 Å². The summed E-state index contributed by atoms with van der Waals surface area (Å²) in [6, 6.07) is 2.85. The normalized spacial score (nSPS) is 20.1. The molecule has 1 saturated heterocycles. The molecule has 2 N–H and O–H groups in total. The molecule has 1 aromatic heterocycles. The van der Waals surface area contributed by atoms with Crippen LogP contribution in [0.2, 0.25) is 0 Å². The quantitative estimate of drug-likeness (QED) is 0.849. The van der Waals surface area contributed by atoms with Crippen molar-refractivity contribution in [2.75, 3.05) is 13.1 Å². The monoisotopic (exact) mass is 262 g/mol. The van der Waals surface area contributed by atoms with Gasteiger partial charge in [0.2, 0.25) is 0 Å². The number of thiophene rings is 1. The molecule has 98 valence electrons. The lowest BCUT2D eigenvalue weighted by Crippen LogP contribution is -2.32. The van der Waals surface area contributed by atoms with Crippen LogP contribution in [-0.4, -0.2) is 24.0 Å². The summed E-state index contributed by atoms with van der Waals surface area (Å²) in [7, 11) is 0. The number of hydrogen-bond donors (Lipinski definition) is 1. The Bertz CT molecular complexity index is 439. The molecule has 0 saturated carbocycles. The first-order valence-electron chi connectivity index (χ1n) is 6.71. The molecular weight excluding hydrogens is 240 g/mol. The summed E-state index contributed by atoms with van der Waals surface area (Å²) in [5.74, 6) is 6.88. The molecule has 2 rings (SSSR count). The first-order chi connectivity index (χ1) is 8.72. The summed E-state index contributed by atoms with van der Waals surface area (Å²) in [5, 5.41) is 2.14. The van der Waals surface area contributed by atoms with E-state index in [4.69, 9.17) is 5.73 Å². The average molecular weight is 262 g/mol. The largest absolute Gasteiger partial charge is 0.320 e. The predicted molar refractivity (Wildman–Crippen MR) is 78.5 cm³/mol. The van der Waals surface area contributed by atoms with E-state index >= 15 is 0 Å². The second-order valence-electron chi connectivity index (χ2n) is 5.19. The SMILES string of the molecule is CC(C)C1CCCN1Cc1sccc1C#CCN. The number of nitrogens with two attached hydrogens (primary N) is 1. The molecule has 0 bridgehead atoms. The van der Waals surface area contributed by atoms with Gasteiger partial charge in [-0.05, 0) is 36.8 Å². The van der Waals surface area contributed by atoms with Crippen LogP contribution in [0.1, 0.15) is 37.1 Å². The predicted octanol–water partition coefficient (Wildman–Crippen LogP) is 2.68. The van der Waals surface area contributed by atoms with Gasteiger partial charge in [-0.15, -0.1) is 11.3 Å². The molecule has 0 amide bonds. The van der Waals surface area contributed by atoms with Crippen LogP contribution in [0.5, 0.6) is 0 Å². The number of rotatable bonds is 3. The van der Waals surface area contributed by atoms with E-state index in [1.54, 1.807) is 0 Å². The topological polar surface area (TPSA) is 29.3 Å². The van der Waals surface area contributed by atoms with Gasteiger partial charge in [0.1, 0.15) is 0 Å². The summed E-state index contributed by atoms with van der Waals surface area (Å²) < 4.78 is 0. The van der Waals surface area contributed by atoms with E-state index in [2.05, 4.69) is 42.0 Å². The summed E-state index contributed by atoms with van der Waals surface area (Å²) in [6.07, 6.45) is 2.67. The van der Waals surface area contributed by atoms with Crippen molar-refractivity contribution in [2.45, 2.75) is 39.3 Å². The second kappa shape index (κ2) is 6.38. The summed E-state index contributed by atoms with van der Waals surface area (Å²) in [5.41, 5.74) is 6.61. The lowest BCUT2D eigenvalue weighted by molar-refractivity contribution is 0.200. The molecule has 0 aliphatic carbocycles. The Morgan fingerprint density at radius 2 is 2.39 bits per heavy atom. The molecule has 2 heterocycles. The van der Waals surface area contributed by atoms with E-state index in [1.807, 2.05) is 11.3 Å². The fourth-order valence-electron chi connectivity index (χ4n) is 2.71. The van der Waals surface area contributed by atoms with Gasteiger partial charge in [0.25, 0.3) is 0 Å². The summed E-state index contributed by atoms with van der Waals surface area (Å²) in [4.78, 5) is 4.01. The Morgan fingerprint density at radius 1 is 1.56 bits per heavy atom. The van der Waals surface area contributed by atoms with Crippen LogP contribution >= 0.6 is 11.3 Å². The maximum atomic E-state index is 5.44. The van der Waals surface area contributed by atoms with E-state index in [1.165, 1.54) is 29.8 Å². The third-order valence-electron chi connectivity index (χ3n) is 3.60. The summed E-state index contributed by atoms with van der Waals surface area (Å²) >= 11 is 1.82. The van der Waals surface area contributed by atoms with Gasteiger partial charge >= 0.3 is 0 Å². The van der Waals surface area contributed by atoms with Crippen LogP contribution in [0.4, 0.5) is 0 Å². The van der Waals surface area contributed by atoms with Crippen molar-refractivity contribution in [2.24, 2.45) is 11.7 Å². The first kappa shape index (κ1) is 13.6. The van der Waals surface area contributed by atoms with E-state index in [0.717, 1.165) is 18.5 Å². The highest BCUT2D eigenvalue weighted by molar-refractivity contribution is 7.10. The van der Waals surface area contributed by atoms with Crippen molar-refractivity contribution in [1.29, 1.82) is 0 Å². The van der Waals surface area contributed by atoms with Gasteiger partial charge in [-0.25, -0.2) is 0 Å². The van der Waals surface area contributed by atoms with Crippen molar-refractivity contribution < 1.29 is 0 Å². The molecule has 0 spiro atoms. The molecule has 2 nitrogen and oxygen atoms in total. The smallest absolute Gasteiger partial charge is 0.0555 e. The zero-order valence-corrected chi connectivity index (χ0v) is 12.1. The van der Waals surface area contributed by atoms with Gasteiger partial charge in [0.15, 0.2) is 0 Å². The minimum Gasteiger partial charge on any atom is -0.320 e. The highest BCUT2D eigenvalue weighted by Gasteiger charge is 2.27. The van der Waals surface area contributed by atoms with Gasteiger partial charge < -0.3 is 5.73 Å². The van der Waals surface area contributed by atoms with Crippen LogP contribution in [0.3, 0.4) is 0 Å². The zero-order valence-electron chi connectivity index (χ0n) is 11.3. The molecule has 1 aliphatic rings. The number of hydrogen-bond acceptors (Lipinski definition) is 3. The third kappa shape index (κ3) is 3.14. The van der Waals surface area contributed by atoms with Crippen molar-refractivity contribution in [3.8, 4) is 11.8 Å². The maximum Gasteiger partial charge on any atom is 0.0555 e. The van der Waals surface area contributed by atoms with Crippen LogP contribution in [0.15, 0.2) is 11.4 Å². The molecule has 1 aliphatic heterocycles. The second-order valence-corrected chi connectivity index (χ2v) is 6.19. The fourth-order valence-corrected chi connectivity index (χ4v) is 3.56. The summed E-state index contributed by atoms with van der Waals surface area (Å²) in [6.45, 7) is 7.37. The van der Waals surface area contributed by atoms with Gasteiger partial charge in [-0.3, -0.25) is 4.90 Å². The van der Waals surface area contributed by atoms with Crippen LogP contribution in [0, 0.1) is 17.8 Å². The lowest BCUT2D eigenvalue weighted by Gasteiger charge is -2.27. The number of nitrogens with zero attached hydrogens (tertiary/aromatic N) is 1. The van der Waals surface area contributed by atoms with Gasteiger partial charge in [-0.1, -0.05) is 25.7 Å². The van der Waals surface area contributed by atoms with Crippen molar-refractivity contribution in [1.82, 2.24) is 4.90 Å². The van der Waals surface area contributed by atoms with Crippen molar-refractivity contribution in [3.63, 3.8) is 0 Å². The van der Waals surface area contributed by atoms with Crippen LogP contribution in [0.25, 0.3) is 0 Å². The molecule has 1 unspecified atom stereocenters. The highest BCUT2D eigenvalue weighted by Crippen LogP contribution is 2.28. The minimum absolute atomic E-state index is 0.438. The van der Waals surface area contributed by atoms with Gasteiger partial charge in [0.05, 0.1) is 6.54 Å². The molecule has 18 heavy (non-hydrogen) atoms. The fraction of sp³-hybridized carbons (Fsp3) is 0.600. The molecular formula is C15H22N2S. The van der Waals surface area contributed by atoms with E-state index in [0.29, 0.717) is 6.54 Å². The first-order valence-corrected chi connectivity index (χ1v) is 7.59. The minimum atomic E-state index is 0.438. The molecule has 1 atom stereocenters. The highest BCUT2D eigenvalue weighted by atomic mass is 32.1. The van der Waals surface area contributed by atoms with Gasteiger partial charge in [-0.2, -0.15) is 0 Å². The molecule has 0 aromatic carbocycles. The molecule has 0 radical (unpaired) electrons. The maximum absolute atomic E-state index is 5.44. The Morgan fingerprint density at radius 3 is 3.11 bits per heavy atom. The Kier molecular flexibility index (Phi) is 4.82. The standard InChI is InChI=1S/C15H22N2S/c1-12(2)14-6-4-9-17(14)11-15-13(5-3-8-16)7-10-18-15/h7,10,12,14H,4,6,8-9,11,16H2,1-2H3. The Labute approximate surface area is 114 Å². The van der Waals surface area contributed by atoms with E-state index in [-0.39, 0.29) is 0 Å². The Hall–Kier alpha value is -0.820. The van der Waals surface area contributed by atoms with E-state index in [9.17, 15) is 0 Å². The lowest BCUT2D eigenvalue weighted by atomic mass is 10.0. The van der Waals surface area contributed by atoms with Crippen LogP contribution in [-0.2, 0) is 6.54 Å². The van der Waals surface area contributed by atoms with E-state index < -0.39 is 0 Å². The molecule has 1 aromatic rings. The number of likely N-dealkylation sites (tertiary alicyclic amines) is 1. The Balaban J connectivity index is 2.07. The van der Waals surface area contributed by atoms with Crippen LogP contribution < -0.4 is 5.73 Å². The average Bonchev–Trinajstić information content (AvgIpc) is 2.96. The molecule has 1 fully saturated rings. The third-order valence-corrected chi connectivity index (χ3v) is 4.51. The zero-order chi connectivity index (χ0) is 13.0. The van der Waals surface area contributed by atoms with Gasteiger partial charge in [0, 0.05) is 23.0 Å². The van der Waals surface area contributed by atoms with Crippen molar-refractivity contribution >= 4 is 11.3 Å². The molecule has 3 heteroatoms.